The second-order valence-corrected chi connectivity index (χ2v) is 6.89. The highest BCUT2D eigenvalue weighted by molar-refractivity contribution is 5.93. The molecule has 3 rings (SSSR count). The molecule has 11 heteroatoms. The number of amides is 2. The Hall–Kier alpha value is -2.95. The molecular formula is C18H22F2N6O3. The number of hydrogen-bond acceptors (Lipinski definition) is 6. The number of nitrogens with one attached hydrogen (secondary N) is 1. The van der Waals surface area contributed by atoms with Gasteiger partial charge in [-0.2, -0.15) is 0 Å². The van der Waals surface area contributed by atoms with E-state index in [1.165, 1.54) is 24.1 Å². The van der Waals surface area contributed by atoms with Gasteiger partial charge < -0.3 is 15.0 Å². The molecule has 1 unspecified atom stereocenters. The highest BCUT2D eigenvalue weighted by atomic mass is 19.3. The summed E-state index contributed by atoms with van der Waals surface area (Å²) in [5.41, 5.74) is 0.798. The van der Waals surface area contributed by atoms with Crippen LogP contribution in [0.25, 0.3) is 0 Å². The van der Waals surface area contributed by atoms with Gasteiger partial charge in [-0.25, -0.2) is 18.4 Å². The van der Waals surface area contributed by atoms with Crippen LogP contribution >= 0.6 is 0 Å². The number of carbonyl (C=O) groups excluding carboxylic acids is 2. The van der Waals surface area contributed by atoms with E-state index in [4.69, 9.17) is 4.74 Å². The number of rotatable bonds is 7. The van der Waals surface area contributed by atoms with Gasteiger partial charge in [-0.3, -0.25) is 9.59 Å². The monoisotopic (exact) mass is 408 g/mol. The van der Waals surface area contributed by atoms with Crippen molar-refractivity contribution in [1.29, 1.82) is 0 Å². The minimum absolute atomic E-state index is 0.00844. The summed E-state index contributed by atoms with van der Waals surface area (Å²) in [4.78, 5) is 30.0. The zero-order valence-corrected chi connectivity index (χ0v) is 16.1. The molecule has 156 valence electrons. The van der Waals surface area contributed by atoms with Gasteiger partial charge in [0.15, 0.2) is 5.69 Å². The molecule has 9 nitrogen and oxygen atoms in total. The minimum Gasteiger partial charge on any atom is -0.383 e. The first-order valence-electron chi connectivity index (χ1n) is 9.09. The number of nitrogens with zero attached hydrogens (tertiary/aromatic N) is 5. The molecule has 0 bridgehead atoms. The number of halogens is 2. The molecule has 1 atom stereocenters. The van der Waals surface area contributed by atoms with Crippen LogP contribution in [0.3, 0.4) is 0 Å². The average molecular weight is 408 g/mol. The molecule has 29 heavy (non-hydrogen) atoms. The maximum absolute atomic E-state index is 14.1. The van der Waals surface area contributed by atoms with Crippen molar-refractivity contribution in [3.8, 4) is 0 Å². The van der Waals surface area contributed by atoms with E-state index in [9.17, 15) is 18.4 Å². The highest BCUT2D eigenvalue weighted by Gasteiger charge is 2.47. The van der Waals surface area contributed by atoms with Gasteiger partial charge in [0.05, 0.1) is 31.9 Å². The van der Waals surface area contributed by atoms with Crippen LogP contribution in [0.2, 0.25) is 0 Å². The third-order valence-corrected chi connectivity index (χ3v) is 4.51. The smallest absolute Gasteiger partial charge is 0.273 e. The summed E-state index contributed by atoms with van der Waals surface area (Å²) in [6.45, 7) is 1.68. The molecule has 0 spiro atoms. The van der Waals surface area contributed by atoms with Crippen LogP contribution in [-0.4, -0.2) is 75.5 Å². The maximum atomic E-state index is 14.1. The third-order valence-electron chi connectivity index (χ3n) is 4.51. The van der Waals surface area contributed by atoms with E-state index in [0.717, 1.165) is 4.90 Å². The number of pyridine rings is 1. The molecule has 1 aliphatic rings. The lowest BCUT2D eigenvalue weighted by atomic mass is 10.2. The van der Waals surface area contributed by atoms with Crippen molar-refractivity contribution in [3.05, 3.63) is 41.5 Å². The summed E-state index contributed by atoms with van der Waals surface area (Å²) in [5, 5.41) is 10.2. The Morgan fingerprint density at radius 1 is 1.34 bits per heavy atom. The first kappa shape index (κ1) is 20.8. The highest BCUT2D eigenvalue weighted by Crippen LogP contribution is 2.33. The third kappa shape index (κ3) is 5.11. The first-order chi connectivity index (χ1) is 13.8. The van der Waals surface area contributed by atoms with Crippen molar-refractivity contribution < 1.29 is 23.1 Å². The van der Waals surface area contributed by atoms with Gasteiger partial charge >= 0.3 is 0 Å². The lowest BCUT2D eigenvalue weighted by molar-refractivity contribution is 0.0116. The quantitative estimate of drug-likeness (QED) is 0.684. The zero-order valence-electron chi connectivity index (χ0n) is 16.1. The summed E-state index contributed by atoms with van der Waals surface area (Å²) in [7, 11) is 1.51. The summed E-state index contributed by atoms with van der Waals surface area (Å²) < 4.78 is 34.3. The molecule has 1 aliphatic heterocycles. The summed E-state index contributed by atoms with van der Waals surface area (Å²) >= 11 is 0. The van der Waals surface area contributed by atoms with Crippen LogP contribution in [0.15, 0.2) is 24.4 Å². The summed E-state index contributed by atoms with van der Waals surface area (Å²) in [5.74, 6) is -4.01. The number of hydrogen-bond donors (Lipinski definition) is 1. The van der Waals surface area contributed by atoms with Crippen molar-refractivity contribution in [2.45, 2.75) is 31.9 Å². The molecular weight excluding hydrogens is 386 g/mol. The fourth-order valence-corrected chi connectivity index (χ4v) is 3.17. The Bertz CT molecular complexity index is 888. The van der Waals surface area contributed by atoms with Gasteiger partial charge in [0, 0.05) is 25.8 Å². The Balaban J connectivity index is 1.71. The van der Waals surface area contributed by atoms with E-state index in [0.29, 0.717) is 18.8 Å². The molecule has 1 fully saturated rings. The van der Waals surface area contributed by atoms with E-state index in [2.05, 4.69) is 20.6 Å². The Morgan fingerprint density at radius 2 is 2.14 bits per heavy atom. The molecule has 1 N–H and O–H groups in total. The van der Waals surface area contributed by atoms with Crippen molar-refractivity contribution in [3.63, 3.8) is 0 Å². The summed E-state index contributed by atoms with van der Waals surface area (Å²) in [6.07, 6.45) is 0.867. The second-order valence-electron chi connectivity index (χ2n) is 6.89. The van der Waals surface area contributed by atoms with Crippen molar-refractivity contribution in [1.82, 2.24) is 30.2 Å². The van der Waals surface area contributed by atoms with E-state index in [1.54, 1.807) is 19.1 Å². The van der Waals surface area contributed by atoms with Crippen LogP contribution in [0, 0.1) is 6.92 Å². The van der Waals surface area contributed by atoms with Gasteiger partial charge in [0.2, 0.25) is 0 Å². The van der Waals surface area contributed by atoms with Crippen LogP contribution in [0.4, 0.5) is 8.78 Å². The lowest BCUT2D eigenvalue weighted by Crippen LogP contribution is -2.39. The van der Waals surface area contributed by atoms with E-state index in [-0.39, 0.29) is 17.9 Å². The molecule has 2 amide bonds. The number of ether oxygens (including phenoxy) is 1. The van der Waals surface area contributed by atoms with Crippen molar-refractivity contribution >= 4 is 11.8 Å². The molecule has 0 saturated carbocycles. The molecule has 0 aromatic carbocycles. The van der Waals surface area contributed by atoms with Crippen molar-refractivity contribution in [2.24, 2.45) is 0 Å². The van der Waals surface area contributed by atoms with Crippen LogP contribution < -0.4 is 5.32 Å². The average Bonchev–Trinajstić information content (AvgIpc) is 3.25. The van der Waals surface area contributed by atoms with Gasteiger partial charge in [0.25, 0.3) is 17.7 Å². The number of carbonyl (C=O) groups is 2. The summed E-state index contributed by atoms with van der Waals surface area (Å²) in [6, 6.07) is 4.08. The molecule has 0 aliphatic carbocycles. The zero-order chi connectivity index (χ0) is 21.0. The normalized spacial score (nSPS) is 18.1. The number of alkyl halides is 2. The predicted molar refractivity (Wildman–Crippen MR) is 97.6 cm³/mol. The number of likely N-dealkylation sites (tertiary alicyclic amines) is 1. The Kier molecular flexibility index (Phi) is 6.16. The molecule has 0 radical (unpaired) electrons. The number of aryl methyl sites for hydroxylation is 1. The lowest BCUT2D eigenvalue weighted by Gasteiger charge is -2.23. The van der Waals surface area contributed by atoms with E-state index < -0.39 is 36.7 Å². The fourth-order valence-electron chi connectivity index (χ4n) is 3.17. The predicted octanol–water partition coefficient (Wildman–Crippen LogP) is 0.908. The largest absolute Gasteiger partial charge is 0.383 e. The maximum Gasteiger partial charge on any atom is 0.273 e. The number of methoxy groups -OCH3 is 1. The van der Waals surface area contributed by atoms with E-state index >= 15 is 0 Å². The number of aromatic nitrogens is 4. The topological polar surface area (TPSA) is 102 Å². The Labute approximate surface area is 166 Å². The molecule has 2 aromatic rings. The van der Waals surface area contributed by atoms with Crippen LogP contribution in [0.1, 0.15) is 33.1 Å². The minimum atomic E-state index is -3.01. The van der Waals surface area contributed by atoms with Crippen LogP contribution in [0.5, 0.6) is 0 Å². The Morgan fingerprint density at radius 3 is 2.86 bits per heavy atom. The van der Waals surface area contributed by atoms with Gasteiger partial charge in [-0.1, -0.05) is 11.3 Å². The molecule has 1 saturated heterocycles. The van der Waals surface area contributed by atoms with E-state index in [1.807, 2.05) is 0 Å². The first-order valence-corrected chi connectivity index (χ1v) is 9.09. The SMILES string of the molecule is COCCNC(=O)c1cn(CC2CC(F)(F)CN2C(=O)c2cccc(C)n2)nn1. The second kappa shape index (κ2) is 8.60. The van der Waals surface area contributed by atoms with Gasteiger partial charge in [0.1, 0.15) is 5.69 Å². The molecule has 2 aromatic heterocycles. The van der Waals surface area contributed by atoms with Crippen molar-refractivity contribution in [2.75, 3.05) is 26.8 Å². The van der Waals surface area contributed by atoms with Gasteiger partial charge in [-0.05, 0) is 19.1 Å². The van der Waals surface area contributed by atoms with Crippen LogP contribution in [-0.2, 0) is 11.3 Å². The van der Waals surface area contributed by atoms with Gasteiger partial charge in [-0.15, -0.1) is 5.10 Å². The standard InChI is InChI=1S/C18H22F2N6O3/c1-12-4-3-5-14(22-12)17(28)26-11-18(19,20)8-13(26)9-25-10-15(23-24-25)16(27)21-6-7-29-2/h3-5,10,13H,6-9,11H2,1-2H3,(H,21,27). The molecule has 3 heterocycles. The fraction of sp³-hybridized carbons (Fsp3) is 0.500.